The maximum Gasteiger partial charge on any atom is 0.314 e. The van der Waals surface area contributed by atoms with Crippen LogP contribution in [0.15, 0.2) is 44.8 Å². The molecule has 4 rings (SSSR count). The summed E-state index contributed by atoms with van der Waals surface area (Å²) in [7, 11) is -3.98. The van der Waals surface area contributed by atoms with E-state index in [0.717, 1.165) is 31.2 Å². The number of hydrogen-bond donors (Lipinski definition) is 3. The normalized spacial score (nSPS) is 14.1. The van der Waals surface area contributed by atoms with Gasteiger partial charge in [-0.2, -0.15) is 0 Å². The molecule has 140 valence electrons. The van der Waals surface area contributed by atoms with Crippen LogP contribution in [0.1, 0.15) is 24.0 Å². The quantitative estimate of drug-likeness (QED) is 0.581. The molecule has 1 aliphatic carbocycles. The smallest absolute Gasteiger partial charge is 0.314 e. The molecule has 9 heteroatoms. The summed E-state index contributed by atoms with van der Waals surface area (Å²) in [4.78, 5) is 27.5. The van der Waals surface area contributed by atoms with Crippen molar-refractivity contribution in [3.05, 3.63) is 67.2 Å². The molecule has 0 fully saturated rings. The minimum Gasteiger partial charge on any atom is -0.316 e. The molecule has 1 aliphatic rings. The molecule has 0 aliphatic heterocycles. The van der Waals surface area contributed by atoms with Crippen molar-refractivity contribution in [1.29, 1.82) is 0 Å². The molecule has 2 aromatic carbocycles. The number of aromatic nitrogens is 2. The fraction of sp³-hybridized carbons (Fsp3) is 0.222. The third kappa shape index (κ3) is 3.38. The van der Waals surface area contributed by atoms with Crippen LogP contribution in [0, 0.1) is 0 Å². The molecule has 27 heavy (non-hydrogen) atoms. The Labute approximate surface area is 159 Å². The molecule has 0 unspecified atom stereocenters. The van der Waals surface area contributed by atoms with Crippen molar-refractivity contribution in [2.24, 2.45) is 0 Å². The summed E-state index contributed by atoms with van der Waals surface area (Å²) >= 11 is 6.13. The zero-order valence-electron chi connectivity index (χ0n) is 14.1. The lowest BCUT2D eigenvalue weighted by molar-refractivity contribution is 0.601. The predicted octanol–water partition coefficient (Wildman–Crippen LogP) is 2.55. The summed E-state index contributed by atoms with van der Waals surface area (Å²) in [6, 6.07) is 8.05. The van der Waals surface area contributed by atoms with E-state index in [0.29, 0.717) is 5.69 Å². The lowest BCUT2D eigenvalue weighted by atomic mass is 9.91. The van der Waals surface area contributed by atoms with E-state index >= 15 is 0 Å². The van der Waals surface area contributed by atoms with Crippen molar-refractivity contribution in [3.8, 4) is 0 Å². The van der Waals surface area contributed by atoms with Gasteiger partial charge in [-0.05, 0) is 61.1 Å². The third-order valence-electron chi connectivity index (χ3n) is 4.66. The number of anilines is 1. The maximum absolute atomic E-state index is 12.8. The van der Waals surface area contributed by atoms with Crippen LogP contribution in [-0.4, -0.2) is 18.4 Å². The van der Waals surface area contributed by atoms with Crippen molar-refractivity contribution in [3.63, 3.8) is 0 Å². The van der Waals surface area contributed by atoms with Crippen LogP contribution in [0.3, 0.4) is 0 Å². The number of aryl methyl sites for hydroxylation is 2. The van der Waals surface area contributed by atoms with Crippen molar-refractivity contribution in [2.75, 3.05) is 4.72 Å². The molecule has 0 spiro atoms. The minimum absolute atomic E-state index is 0.0596. The molecule has 0 bridgehead atoms. The summed E-state index contributed by atoms with van der Waals surface area (Å²) in [6.45, 7) is 0. The highest BCUT2D eigenvalue weighted by molar-refractivity contribution is 7.92. The number of hydrogen-bond acceptors (Lipinski definition) is 4. The van der Waals surface area contributed by atoms with Crippen LogP contribution >= 0.6 is 11.6 Å². The van der Waals surface area contributed by atoms with E-state index in [9.17, 15) is 18.0 Å². The summed E-state index contributed by atoms with van der Waals surface area (Å²) in [6.07, 6.45) is 4.16. The van der Waals surface area contributed by atoms with Gasteiger partial charge >= 0.3 is 11.1 Å². The number of rotatable bonds is 3. The van der Waals surface area contributed by atoms with Gasteiger partial charge < -0.3 is 9.97 Å². The third-order valence-corrected chi connectivity index (χ3v) is 6.51. The van der Waals surface area contributed by atoms with Gasteiger partial charge in [-0.1, -0.05) is 17.7 Å². The zero-order valence-corrected chi connectivity index (χ0v) is 15.7. The molecule has 3 aromatic rings. The lowest BCUT2D eigenvalue weighted by Gasteiger charge is -2.17. The Kier molecular flexibility index (Phi) is 4.32. The van der Waals surface area contributed by atoms with Crippen LogP contribution in [0.4, 0.5) is 5.69 Å². The number of nitrogens with one attached hydrogen (secondary N) is 3. The molecular formula is C18H16ClN3O4S. The Morgan fingerprint density at radius 1 is 0.889 bits per heavy atom. The molecule has 0 saturated carbocycles. The topological polar surface area (TPSA) is 112 Å². The molecule has 7 nitrogen and oxygen atoms in total. The monoisotopic (exact) mass is 405 g/mol. The predicted molar refractivity (Wildman–Crippen MR) is 104 cm³/mol. The second kappa shape index (κ2) is 6.54. The summed E-state index contributed by atoms with van der Waals surface area (Å²) in [5.41, 5.74) is 1.58. The lowest BCUT2D eigenvalue weighted by Crippen LogP contribution is -2.29. The van der Waals surface area contributed by atoms with E-state index in [-0.39, 0.29) is 21.0 Å². The van der Waals surface area contributed by atoms with Crippen LogP contribution < -0.4 is 15.8 Å². The number of benzene rings is 2. The van der Waals surface area contributed by atoms with Gasteiger partial charge in [0.2, 0.25) is 0 Å². The standard InChI is InChI=1S/C18H16ClN3O4S/c19-13-8-14-15(21-18(24)17(23)20-14)9-16(13)27(25,26)22-12-6-5-10-3-1-2-4-11(10)7-12/h5-9,22H,1-4H2,(H,20,23)(H,21,24). The molecule has 0 atom stereocenters. The first-order valence-corrected chi connectivity index (χ1v) is 10.3. The van der Waals surface area contributed by atoms with Gasteiger partial charge in [0.05, 0.1) is 16.1 Å². The Morgan fingerprint density at radius 3 is 2.22 bits per heavy atom. The maximum atomic E-state index is 12.8. The van der Waals surface area contributed by atoms with Gasteiger partial charge in [-0.3, -0.25) is 14.3 Å². The van der Waals surface area contributed by atoms with E-state index in [1.54, 1.807) is 6.07 Å². The van der Waals surface area contributed by atoms with Crippen molar-refractivity contribution in [1.82, 2.24) is 9.97 Å². The number of halogens is 1. The Morgan fingerprint density at radius 2 is 1.52 bits per heavy atom. The molecule has 0 radical (unpaired) electrons. The second-order valence-corrected chi connectivity index (χ2v) is 8.59. The summed E-state index contributed by atoms with van der Waals surface area (Å²) < 4.78 is 28.2. The zero-order chi connectivity index (χ0) is 19.2. The van der Waals surface area contributed by atoms with Gasteiger partial charge in [-0.25, -0.2) is 8.42 Å². The summed E-state index contributed by atoms with van der Waals surface area (Å²) in [5, 5.41) is -0.0596. The van der Waals surface area contributed by atoms with E-state index in [1.165, 1.54) is 17.7 Å². The molecule has 0 saturated heterocycles. The van der Waals surface area contributed by atoms with E-state index in [1.807, 2.05) is 12.1 Å². The SMILES string of the molecule is O=c1[nH]c2cc(Cl)c(S(=O)(=O)Nc3ccc4c(c3)CCCC4)cc2[nH]c1=O. The van der Waals surface area contributed by atoms with Crippen LogP contribution in [0.2, 0.25) is 5.02 Å². The Hall–Kier alpha value is -2.58. The molecule has 0 amide bonds. The average Bonchev–Trinajstić information content (AvgIpc) is 2.62. The van der Waals surface area contributed by atoms with Crippen LogP contribution in [0.5, 0.6) is 0 Å². The molecule has 1 heterocycles. The van der Waals surface area contributed by atoms with Crippen LogP contribution in [-0.2, 0) is 22.9 Å². The van der Waals surface area contributed by atoms with Gasteiger partial charge in [-0.15, -0.1) is 0 Å². The van der Waals surface area contributed by atoms with Gasteiger partial charge in [0.1, 0.15) is 4.90 Å². The first kappa shape index (κ1) is 17.8. The van der Waals surface area contributed by atoms with Crippen molar-refractivity contribution in [2.45, 2.75) is 30.6 Å². The fourth-order valence-electron chi connectivity index (χ4n) is 3.33. The highest BCUT2D eigenvalue weighted by Gasteiger charge is 2.20. The largest absolute Gasteiger partial charge is 0.316 e. The number of fused-ring (bicyclic) bond motifs is 2. The Bertz CT molecular complexity index is 1280. The number of sulfonamides is 1. The Balaban J connectivity index is 1.75. The van der Waals surface area contributed by atoms with Crippen molar-refractivity contribution < 1.29 is 8.42 Å². The van der Waals surface area contributed by atoms with Gasteiger partial charge in [0.15, 0.2) is 0 Å². The molecule has 3 N–H and O–H groups in total. The molecule has 1 aromatic heterocycles. The summed E-state index contributed by atoms with van der Waals surface area (Å²) in [5.74, 6) is 0. The first-order valence-electron chi connectivity index (χ1n) is 8.44. The van der Waals surface area contributed by atoms with Gasteiger partial charge in [0, 0.05) is 5.69 Å². The van der Waals surface area contributed by atoms with Crippen LogP contribution in [0.25, 0.3) is 11.0 Å². The number of H-pyrrole nitrogens is 2. The average molecular weight is 406 g/mol. The van der Waals surface area contributed by atoms with Crippen molar-refractivity contribution >= 4 is 38.3 Å². The minimum atomic E-state index is -3.98. The second-order valence-electron chi connectivity index (χ2n) is 6.53. The highest BCUT2D eigenvalue weighted by atomic mass is 35.5. The van der Waals surface area contributed by atoms with E-state index in [4.69, 9.17) is 11.6 Å². The molecular weight excluding hydrogens is 390 g/mol. The van der Waals surface area contributed by atoms with E-state index < -0.39 is 21.1 Å². The van der Waals surface area contributed by atoms with Gasteiger partial charge in [0.25, 0.3) is 10.0 Å². The number of aromatic amines is 2. The highest BCUT2D eigenvalue weighted by Crippen LogP contribution is 2.29. The fourth-order valence-corrected chi connectivity index (χ4v) is 4.94. The first-order chi connectivity index (χ1) is 12.8. The van der Waals surface area contributed by atoms with E-state index in [2.05, 4.69) is 14.7 Å².